The summed E-state index contributed by atoms with van der Waals surface area (Å²) in [6, 6.07) is 12.1. The number of methoxy groups -OCH3 is 1. The van der Waals surface area contributed by atoms with Crippen LogP contribution in [0.25, 0.3) is 0 Å². The summed E-state index contributed by atoms with van der Waals surface area (Å²) in [6.45, 7) is 3.44. The first-order chi connectivity index (χ1) is 13.5. The third-order valence-corrected chi connectivity index (χ3v) is 5.86. The molecule has 0 aliphatic heterocycles. The fourth-order valence-corrected chi connectivity index (χ4v) is 4.20. The van der Waals surface area contributed by atoms with Crippen molar-refractivity contribution in [3.8, 4) is 5.75 Å². The van der Waals surface area contributed by atoms with E-state index in [9.17, 15) is 9.18 Å². The van der Waals surface area contributed by atoms with Crippen LogP contribution in [0.2, 0.25) is 0 Å². The van der Waals surface area contributed by atoms with Crippen molar-refractivity contribution in [3.63, 3.8) is 0 Å². The van der Waals surface area contributed by atoms with Gasteiger partial charge in [-0.3, -0.25) is 4.79 Å². The number of hydrogen-bond acceptors (Lipinski definition) is 7. The third-order valence-electron chi connectivity index (χ3n) is 3.84. The number of thioether (sulfide) groups is 1. The van der Waals surface area contributed by atoms with Crippen LogP contribution < -0.4 is 15.4 Å². The van der Waals surface area contributed by atoms with E-state index in [-0.39, 0.29) is 11.7 Å². The van der Waals surface area contributed by atoms with Crippen molar-refractivity contribution in [3.05, 3.63) is 53.8 Å². The largest absolute Gasteiger partial charge is 0.495 e. The molecule has 0 radical (unpaired) electrons. The number of hydrogen-bond donors (Lipinski definition) is 2. The second kappa shape index (κ2) is 9.03. The number of halogens is 1. The number of nitrogens with one attached hydrogen (secondary N) is 2. The standard InChI is InChI=1S/C19H19FN4O2S2/c1-11-8-9-13(10-14(11)20)21-17(25)12(2)27-19-24-23-18(28-19)22-15-6-4-5-7-16(15)26-3/h4-10,12H,1-3H3,(H,21,25)(H,22,23). The van der Waals surface area contributed by atoms with Gasteiger partial charge in [0, 0.05) is 5.69 Å². The molecule has 1 heterocycles. The molecule has 0 aliphatic rings. The van der Waals surface area contributed by atoms with Crippen LogP contribution in [0.5, 0.6) is 5.75 Å². The number of carbonyl (C=O) groups excluding carboxylic acids is 1. The van der Waals surface area contributed by atoms with Crippen LogP contribution in [0.1, 0.15) is 12.5 Å². The molecule has 146 valence electrons. The molecule has 1 atom stereocenters. The van der Waals surface area contributed by atoms with Crippen molar-refractivity contribution in [1.29, 1.82) is 0 Å². The molecular formula is C19H19FN4O2S2. The molecule has 3 rings (SSSR count). The first kappa shape index (κ1) is 20.1. The maximum Gasteiger partial charge on any atom is 0.237 e. The summed E-state index contributed by atoms with van der Waals surface area (Å²) in [5.41, 5.74) is 1.74. The number of benzene rings is 2. The Morgan fingerprint density at radius 3 is 2.79 bits per heavy atom. The molecule has 1 unspecified atom stereocenters. The van der Waals surface area contributed by atoms with Crippen molar-refractivity contribution >= 4 is 45.5 Å². The van der Waals surface area contributed by atoms with E-state index < -0.39 is 5.25 Å². The van der Waals surface area contributed by atoms with Gasteiger partial charge in [-0.05, 0) is 43.7 Å². The van der Waals surface area contributed by atoms with Crippen LogP contribution >= 0.6 is 23.1 Å². The highest BCUT2D eigenvalue weighted by atomic mass is 32.2. The van der Waals surface area contributed by atoms with Gasteiger partial charge in [-0.15, -0.1) is 10.2 Å². The molecule has 0 bridgehead atoms. The Hall–Kier alpha value is -2.65. The van der Waals surface area contributed by atoms with Crippen LogP contribution in [0.3, 0.4) is 0 Å². The van der Waals surface area contributed by atoms with Crippen molar-refractivity contribution in [2.75, 3.05) is 17.7 Å². The monoisotopic (exact) mass is 418 g/mol. The fourth-order valence-electron chi connectivity index (χ4n) is 2.29. The summed E-state index contributed by atoms with van der Waals surface area (Å²) in [5.74, 6) is 0.113. The number of anilines is 3. The van der Waals surface area contributed by atoms with Crippen LogP contribution in [0.15, 0.2) is 46.8 Å². The van der Waals surface area contributed by atoms with Gasteiger partial charge in [0.05, 0.1) is 18.0 Å². The van der Waals surface area contributed by atoms with Crippen molar-refractivity contribution in [2.45, 2.75) is 23.4 Å². The molecule has 28 heavy (non-hydrogen) atoms. The van der Waals surface area contributed by atoms with Gasteiger partial charge in [-0.1, -0.05) is 41.3 Å². The second-order valence-electron chi connectivity index (χ2n) is 5.91. The Morgan fingerprint density at radius 2 is 2.04 bits per heavy atom. The van der Waals surface area contributed by atoms with Gasteiger partial charge in [-0.25, -0.2) is 4.39 Å². The van der Waals surface area contributed by atoms with Crippen LogP contribution in [0.4, 0.5) is 20.9 Å². The molecule has 9 heteroatoms. The van der Waals surface area contributed by atoms with Gasteiger partial charge in [-0.2, -0.15) is 0 Å². The Morgan fingerprint density at radius 1 is 1.25 bits per heavy atom. The fraction of sp³-hybridized carbons (Fsp3) is 0.211. The molecule has 0 saturated heterocycles. The third kappa shape index (κ3) is 4.99. The zero-order valence-corrected chi connectivity index (χ0v) is 17.2. The van der Waals surface area contributed by atoms with Crippen LogP contribution in [-0.2, 0) is 4.79 Å². The van der Waals surface area contributed by atoms with E-state index in [1.165, 1.54) is 29.2 Å². The molecule has 0 aliphatic carbocycles. The Bertz CT molecular complexity index is 980. The highest BCUT2D eigenvalue weighted by Gasteiger charge is 2.18. The number of amides is 1. The number of aryl methyl sites for hydroxylation is 1. The zero-order valence-electron chi connectivity index (χ0n) is 15.5. The predicted molar refractivity (Wildman–Crippen MR) is 111 cm³/mol. The number of para-hydroxylation sites is 2. The molecular weight excluding hydrogens is 399 g/mol. The Balaban J connectivity index is 1.60. The van der Waals surface area contributed by atoms with Gasteiger partial charge in [0.25, 0.3) is 0 Å². The highest BCUT2D eigenvalue weighted by Crippen LogP contribution is 2.33. The lowest BCUT2D eigenvalue weighted by molar-refractivity contribution is -0.115. The molecule has 0 fully saturated rings. The summed E-state index contributed by atoms with van der Waals surface area (Å²) in [7, 11) is 1.60. The molecule has 2 N–H and O–H groups in total. The maximum absolute atomic E-state index is 13.6. The lowest BCUT2D eigenvalue weighted by Crippen LogP contribution is -2.22. The normalized spacial score (nSPS) is 11.7. The van der Waals surface area contributed by atoms with Gasteiger partial charge >= 0.3 is 0 Å². The molecule has 2 aromatic carbocycles. The molecule has 6 nitrogen and oxygen atoms in total. The summed E-state index contributed by atoms with van der Waals surface area (Å²) in [4.78, 5) is 12.4. The smallest absolute Gasteiger partial charge is 0.237 e. The average Bonchev–Trinajstić information content (AvgIpc) is 3.12. The SMILES string of the molecule is COc1ccccc1Nc1nnc(SC(C)C(=O)Nc2ccc(C)c(F)c2)s1. The quantitative estimate of drug-likeness (QED) is 0.534. The van der Waals surface area contributed by atoms with Gasteiger partial charge in [0.1, 0.15) is 11.6 Å². The zero-order chi connectivity index (χ0) is 20.1. The minimum absolute atomic E-state index is 0.234. The van der Waals surface area contributed by atoms with E-state index in [1.807, 2.05) is 24.3 Å². The van der Waals surface area contributed by atoms with Crippen LogP contribution in [-0.4, -0.2) is 28.5 Å². The summed E-state index contributed by atoms with van der Waals surface area (Å²) < 4.78 is 19.6. The highest BCUT2D eigenvalue weighted by molar-refractivity contribution is 8.02. The van der Waals surface area contributed by atoms with E-state index in [4.69, 9.17) is 4.74 Å². The maximum atomic E-state index is 13.6. The predicted octanol–water partition coefficient (Wildman–Crippen LogP) is 4.86. The second-order valence-corrected chi connectivity index (χ2v) is 8.48. The lowest BCUT2D eigenvalue weighted by atomic mass is 10.2. The van der Waals surface area contributed by atoms with Gasteiger partial charge < -0.3 is 15.4 Å². The molecule has 0 spiro atoms. The first-order valence-corrected chi connectivity index (χ1v) is 10.1. The Kier molecular flexibility index (Phi) is 6.48. The van der Waals surface area contributed by atoms with Gasteiger partial charge in [0.2, 0.25) is 11.0 Å². The van der Waals surface area contributed by atoms with E-state index in [1.54, 1.807) is 33.1 Å². The minimum atomic E-state index is -0.420. The summed E-state index contributed by atoms with van der Waals surface area (Å²) in [5, 5.41) is 14.3. The number of rotatable bonds is 7. The number of nitrogens with zero attached hydrogens (tertiary/aromatic N) is 2. The molecule has 0 saturated carbocycles. The van der Waals surface area contributed by atoms with E-state index in [0.717, 1.165) is 5.69 Å². The van der Waals surface area contributed by atoms with E-state index in [0.29, 0.717) is 26.5 Å². The van der Waals surface area contributed by atoms with Crippen molar-refractivity contribution in [2.24, 2.45) is 0 Å². The van der Waals surface area contributed by atoms with E-state index >= 15 is 0 Å². The lowest BCUT2D eigenvalue weighted by Gasteiger charge is -2.10. The molecule has 1 aromatic heterocycles. The number of aromatic nitrogens is 2. The number of ether oxygens (including phenoxy) is 1. The molecule has 3 aromatic rings. The Labute approximate surface area is 170 Å². The van der Waals surface area contributed by atoms with Crippen LogP contribution in [0, 0.1) is 12.7 Å². The first-order valence-electron chi connectivity index (χ1n) is 8.43. The van der Waals surface area contributed by atoms with E-state index in [2.05, 4.69) is 20.8 Å². The summed E-state index contributed by atoms with van der Waals surface area (Å²) >= 11 is 2.62. The topological polar surface area (TPSA) is 76.1 Å². The van der Waals surface area contributed by atoms with Gasteiger partial charge in [0.15, 0.2) is 4.34 Å². The number of carbonyl (C=O) groups is 1. The molecule has 1 amide bonds. The minimum Gasteiger partial charge on any atom is -0.495 e. The van der Waals surface area contributed by atoms with Crippen molar-refractivity contribution in [1.82, 2.24) is 10.2 Å². The average molecular weight is 419 g/mol. The summed E-state index contributed by atoms with van der Waals surface area (Å²) in [6.07, 6.45) is 0. The van der Waals surface area contributed by atoms with Crippen molar-refractivity contribution < 1.29 is 13.9 Å².